The van der Waals surface area contributed by atoms with Gasteiger partial charge in [0, 0.05) is 24.2 Å². The number of carbonyl (C=O) groups excluding carboxylic acids is 1. The van der Waals surface area contributed by atoms with Crippen LogP contribution >= 0.6 is 12.4 Å². The van der Waals surface area contributed by atoms with Gasteiger partial charge in [0.15, 0.2) is 11.5 Å². The normalized spacial score (nSPS) is 20.3. The van der Waals surface area contributed by atoms with Gasteiger partial charge in [0.05, 0.1) is 31.3 Å². The summed E-state index contributed by atoms with van der Waals surface area (Å²) >= 11 is 0. The van der Waals surface area contributed by atoms with Gasteiger partial charge in [-0.1, -0.05) is 0 Å². The summed E-state index contributed by atoms with van der Waals surface area (Å²) in [5, 5.41) is 3.13. The van der Waals surface area contributed by atoms with Crippen molar-refractivity contribution >= 4 is 18.4 Å². The zero-order valence-corrected chi connectivity index (χ0v) is 17.7. The number of nitrogens with zero attached hydrogens (tertiary/aromatic N) is 2. The number of alkyl halides is 2. The first-order valence-corrected chi connectivity index (χ1v) is 9.88. The van der Waals surface area contributed by atoms with E-state index in [0.29, 0.717) is 36.7 Å². The molecule has 0 bridgehead atoms. The molecular formula is C21H24ClF2N3O4. The lowest BCUT2D eigenvalue weighted by Crippen LogP contribution is -2.31. The molecule has 1 saturated heterocycles. The van der Waals surface area contributed by atoms with Crippen LogP contribution in [0.1, 0.15) is 30.9 Å². The Balaban J connectivity index is 0.00000272. The number of halogens is 3. The van der Waals surface area contributed by atoms with E-state index in [1.807, 2.05) is 0 Å². The average molecular weight is 456 g/mol. The lowest BCUT2D eigenvalue weighted by Gasteiger charge is -2.14. The van der Waals surface area contributed by atoms with Gasteiger partial charge in [-0.2, -0.15) is 8.78 Å². The SMILES string of the molecule is COC(=O)[C@H]1CC(c2cncc(-c3ccc(OC(F)F)c(OCC4CC4)c3)n2)CN1.Cl. The summed E-state index contributed by atoms with van der Waals surface area (Å²) in [5.74, 6) is 0.454. The third kappa shape index (κ3) is 5.80. The Labute approximate surface area is 184 Å². The van der Waals surface area contributed by atoms with Crippen LogP contribution in [0.25, 0.3) is 11.3 Å². The Kier molecular flexibility index (Phi) is 7.61. The molecule has 1 saturated carbocycles. The number of methoxy groups -OCH3 is 1. The van der Waals surface area contributed by atoms with Crippen molar-refractivity contribution < 1.29 is 27.8 Å². The van der Waals surface area contributed by atoms with Gasteiger partial charge in [0.1, 0.15) is 6.04 Å². The monoisotopic (exact) mass is 455 g/mol. The average Bonchev–Trinajstić information content (AvgIpc) is 3.45. The molecule has 31 heavy (non-hydrogen) atoms. The Morgan fingerprint density at radius 1 is 1.26 bits per heavy atom. The van der Waals surface area contributed by atoms with Crippen LogP contribution < -0.4 is 14.8 Å². The summed E-state index contributed by atoms with van der Waals surface area (Å²) in [4.78, 5) is 20.7. The maximum Gasteiger partial charge on any atom is 0.387 e. The molecular weight excluding hydrogens is 432 g/mol. The van der Waals surface area contributed by atoms with Crippen molar-refractivity contribution in [3.05, 3.63) is 36.3 Å². The number of benzene rings is 1. The first kappa shape index (κ1) is 23.1. The smallest absolute Gasteiger partial charge is 0.387 e. The number of aromatic nitrogens is 2. The molecule has 2 aromatic rings. The molecule has 1 aliphatic carbocycles. The van der Waals surface area contributed by atoms with Gasteiger partial charge in [-0.15, -0.1) is 12.4 Å². The van der Waals surface area contributed by atoms with Gasteiger partial charge < -0.3 is 19.5 Å². The number of nitrogens with one attached hydrogen (secondary N) is 1. The topological polar surface area (TPSA) is 82.6 Å². The fraction of sp³-hybridized carbons (Fsp3) is 0.476. The Morgan fingerprint density at radius 2 is 2.06 bits per heavy atom. The number of esters is 1. The summed E-state index contributed by atoms with van der Waals surface area (Å²) in [7, 11) is 1.36. The molecule has 7 nitrogen and oxygen atoms in total. The van der Waals surface area contributed by atoms with E-state index in [1.165, 1.54) is 13.2 Å². The van der Waals surface area contributed by atoms with Gasteiger partial charge >= 0.3 is 12.6 Å². The van der Waals surface area contributed by atoms with Crippen molar-refractivity contribution in [1.29, 1.82) is 0 Å². The number of rotatable bonds is 8. The fourth-order valence-electron chi connectivity index (χ4n) is 3.47. The van der Waals surface area contributed by atoms with E-state index < -0.39 is 6.61 Å². The Bertz CT molecular complexity index is 914. The van der Waals surface area contributed by atoms with Crippen molar-refractivity contribution in [3.8, 4) is 22.8 Å². The van der Waals surface area contributed by atoms with Crippen molar-refractivity contribution in [1.82, 2.24) is 15.3 Å². The van der Waals surface area contributed by atoms with Gasteiger partial charge in [-0.25, -0.2) is 4.98 Å². The van der Waals surface area contributed by atoms with E-state index in [1.54, 1.807) is 24.5 Å². The minimum absolute atomic E-state index is 0. The molecule has 2 fully saturated rings. The molecule has 1 unspecified atom stereocenters. The molecule has 2 aliphatic rings. The summed E-state index contributed by atoms with van der Waals surface area (Å²) in [6.45, 7) is -1.87. The van der Waals surface area contributed by atoms with Crippen molar-refractivity contribution in [2.24, 2.45) is 5.92 Å². The first-order chi connectivity index (χ1) is 14.5. The van der Waals surface area contributed by atoms with E-state index in [-0.39, 0.29) is 41.8 Å². The summed E-state index contributed by atoms with van der Waals surface area (Å²) in [6, 6.07) is 4.40. The predicted octanol–water partition coefficient (Wildman–Crippen LogP) is 3.57. The highest BCUT2D eigenvalue weighted by Gasteiger charge is 2.32. The largest absolute Gasteiger partial charge is 0.489 e. The molecule has 2 heterocycles. The van der Waals surface area contributed by atoms with Crippen molar-refractivity contribution in [2.45, 2.75) is 37.8 Å². The molecule has 1 aliphatic heterocycles. The molecule has 10 heteroatoms. The first-order valence-electron chi connectivity index (χ1n) is 9.88. The highest BCUT2D eigenvalue weighted by atomic mass is 35.5. The molecule has 0 radical (unpaired) electrons. The van der Waals surface area contributed by atoms with Crippen LogP contribution in [0, 0.1) is 5.92 Å². The maximum atomic E-state index is 12.7. The maximum absolute atomic E-state index is 12.7. The second-order valence-corrected chi connectivity index (χ2v) is 7.54. The summed E-state index contributed by atoms with van der Waals surface area (Å²) in [5.41, 5.74) is 2.03. The van der Waals surface area contributed by atoms with E-state index in [0.717, 1.165) is 18.5 Å². The molecule has 168 valence electrons. The fourth-order valence-corrected chi connectivity index (χ4v) is 3.47. The standard InChI is InChI=1S/C21H23F2N3O4.ClH/c1-28-20(27)15-6-14(8-25-15)17-10-24-9-16(26-17)13-4-5-18(30-21(22)23)19(7-13)29-11-12-2-3-12;/h4-5,7,9-10,12,14-15,21,25H,2-3,6,8,11H2,1H3;1H/t14?,15-;/m1./s1. The van der Waals surface area contributed by atoms with Crippen molar-refractivity contribution in [3.63, 3.8) is 0 Å². The number of hydrogen-bond donors (Lipinski definition) is 1. The van der Waals surface area contributed by atoms with Gasteiger partial charge in [0.25, 0.3) is 0 Å². The highest BCUT2D eigenvalue weighted by molar-refractivity contribution is 5.85. The number of ether oxygens (including phenoxy) is 3. The molecule has 0 amide bonds. The Hall–Kier alpha value is -2.52. The predicted molar refractivity (Wildman–Crippen MR) is 111 cm³/mol. The Morgan fingerprint density at radius 3 is 2.77 bits per heavy atom. The van der Waals surface area contributed by atoms with E-state index in [4.69, 9.17) is 9.47 Å². The van der Waals surface area contributed by atoms with Gasteiger partial charge in [-0.3, -0.25) is 9.78 Å². The third-order valence-corrected chi connectivity index (χ3v) is 5.32. The minimum Gasteiger partial charge on any atom is -0.489 e. The van der Waals surface area contributed by atoms with Crippen LogP contribution in [0.15, 0.2) is 30.6 Å². The van der Waals surface area contributed by atoms with Crippen LogP contribution in [0.3, 0.4) is 0 Å². The lowest BCUT2D eigenvalue weighted by atomic mass is 10.0. The zero-order valence-electron chi connectivity index (χ0n) is 16.9. The lowest BCUT2D eigenvalue weighted by molar-refractivity contribution is -0.142. The molecule has 4 rings (SSSR count). The molecule has 2 atom stereocenters. The molecule has 1 N–H and O–H groups in total. The number of carbonyl (C=O) groups is 1. The molecule has 1 aromatic carbocycles. The van der Waals surface area contributed by atoms with Gasteiger partial charge in [0.2, 0.25) is 0 Å². The van der Waals surface area contributed by atoms with Crippen LogP contribution in [-0.2, 0) is 9.53 Å². The highest BCUT2D eigenvalue weighted by Crippen LogP contribution is 2.36. The summed E-state index contributed by atoms with van der Waals surface area (Å²) < 4.78 is 40.6. The number of hydrogen-bond acceptors (Lipinski definition) is 7. The quantitative estimate of drug-likeness (QED) is 0.609. The van der Waals surface area contributed by atoms with Crippen LogP contribution in [0.5, 0.6) is 11.5 Å². The second kappa shape index (κ2) is 10.2. The zero-order chi connectivity index (χ0) is 21.1. The van der Waals surface area contributed by atoms with E-state index >= 15 is 0 Å². The third-order valence-electron chi connectivity index (χ3n) is 5.32. The van der Waals surface area contributed by atoms with Crippen LogP contribution in [-0.4, -0.2) is 48.9 Å². The minimum atomic E-state index is -2.93. The van der Waals surface area contributed by atoms with Crippen LogP contribution in [0.4, 0.5) is 8.78 Å². The summed E-state index contributed by atoms with van der Waals surface area (Å²) in [6.07, 6.45) is 6.02. The van der Waals surface area contributed by atoms with Crippen LogP contribution in [0.2, 0.25) is 0 Å². The molecule has 1 aromatic heterocycles. The van der Waals surface area contributed by atoms with Gasteiger partial charge in [-0.05, 0) is 43.4 Å². The van der Waals surface area contributed by atoms with Crippen molar-refractivity contribution in [2.75, 3.05) is 20.3 Å². The molecule has 0 spiro atoms. The van der Waals surface area contributed by atoms with E-state index in [9.17, 15) is 13.6 Å². The van der Waals surface area contributed by atoms with E-state index in [2.05, 4.69) is 20.0 Å². The second-order valence-electron chi connectivity index (χ2n) is 7.54.